The van der Waals surface area contributed by atoms with Crippen molar-refractivity contribution < 1.29 is 23.6 Å². The maximum atomic E-state index is 13.6. The number of rotatable bonds is 2. The molecule has 1 N–H and O–H groups in total. The highest BCUT2D eigenvalue weighted by Crippen LogP contribution is 2.38. The molecular formula is C15H12BFO4. The minimum atomic E-state index is -1.66. The average Bonchev–Trinajstić information content (AvgIpc) is 2.81. The molecule has 1 aliphatic heterocycles. The monoisotopic (exact) mass is 286 g/mol. The van der Waals surface area contributed by atoms with Crippen LogP contribution in [0.15, 0.2) is 48.5 Å². The van der Waals surface area contributed by atoms with Gasteiger partial charge in [-0.1, -0.05) is 36.4 Å². The SMILES string of the molecule is COC(=O)C1(c2ccccc2)OB(O)c2ccc(F)cc21. The van der Waals surface area contributed by atoms with Crippen LogP contribution >= 0.6 is 0 Å². The molecule has 0 bridgehead atoms. The summed E-state index contributed by atoms with van der Waals surface area (Å²) in [6, 6.07) is 12.4. The number of ether oxygens (including phenoxy) is 1. The highest BCUT2D eigenvalue weighted by Gasteiger charge is 2.54. The average molecular weight is 286 g/mol. The van der Waals surface area contributed by atoms with Gasteiger partial charge in [-0.2, -0.15) is 0 Å². The van der Waals surface area contributed by atoms with E-state index in [9.17, 15) is 14.2 Å². The lowest BCUT2D eigenvalue weighted by atomic mass is 9.77. The van der Waals surface area contributed by atoms with Crippen molar-refractivity contribution in [1.29, 1.82) is 0 Å². The zero-order chi connectivity index (χ0) is 15.0. The first kappa shape index (κ1) is 13.8. The number of methoxy groups -OCH3 is 1. The van der Waals surface area contributed by atoms with Crippen LogP contribution in [-0.2, 0) is 19.8 Å². The summed E-state index contributed by atoms with van der Waals surface area (Å²) in [4.78, 5) is 12.4. The van der Waals surface area contributed by atoms with Gasteiger partial charge < -0.3 is 14.4 Å². The van der Waals surface area contributed by atoms with E-state index in [1.54, 1.807) is 30.3 Å². The Hall–Kier alpha value is -2.18. The molecule has 1 aliphatic rings. The van der Waals surface area contributed by atoms with E-state index < -0.39 is 24.5 Å². The fourth-order valence-corrected chi connectivity index (χ4v) is 2.66. The number of halogens is 1. The van der Waals surface area contributed by atoms with Crippen LogP contribution in [0, 0.1) is 5.82 Å². The summed E-state index contributed by atoms with van der Waals surface area (Å²) in [5.74, 6) is -1.23. The molecule has 106 valence electrons. The molecule has 0 amide bonds. The number of hydrogen-bond acceptors (Lipinski definition) is 4. The zero-order valence-corrected chi connectivity index (χ0v) is 11.2. The van der Waals surface area contributed by atoms with E-state index in [1.807, 2.05) is 0 Å². The molecule has 1 heterocycles. The van der Waals surface area contributed by atoms with Crippen molar-refractivity contribution in [2.75, 3.05) is 7.11 Å². The largest absolute Gasteiger partial charge is 0.492 e. The highest BCUT2D eigenvalue weighted by molar-refractivity contribution is 6.62. The van der Waals surface area contributed by atoms with E-state index in [0.29, 0.717) is 11.0 Å². The maximum absolute atomic E-state index is 13.6. The highest BCUT2D eigenvalue weighted by atomic mass is 19.1. The van der Waals surface area contributed by atoms with Gasteiger partial charge in [0.15, 0.2) is 0 Å². The first-order valence-corrected chi connectivity index (χ1v) is 6.39. The summed E-state index contributed by atoms with van der Waals surface area (Å²) in [5, 5.41) is 10.1. The fraction of sp³-hybridized carbons (Fsp3) is 0.133. The number of carbonyl (C=O) groups is 1. The molecule has 0 saturated heterocycles. The van der Waals surface area contributed by atoms with E-state index >= 15 is 0 Å². The summed E-state index contributed by atoms with van der Waals surface area (Å²) in [6.45, 7) is 0. The van der Waals surface area contributed by atoms with E-state index in [2.05, 4.69) is 0 Å². The summed E-state index contributed by atoms with van der Waals surface area (Å²) in [7, 11) is -0.0973. The van der Waals surface area contributed by atoms with Crippen molar-refractivity contribution in [2.45, 2.75) is 5.60 Å². The Morgan fingerprint density at radius 1 is 1.29 bits per heavy atom. The number of hydrogen-bond donors (Lipinski definition) is 1. The lowest BCUT2D eigenvalue weighted by Gasteiger charge is -2.28. The van der Waals surface area contributed by atoms with Crippen LogP contribution in [0.1, 0.15) is 11.1 Å². The Bertz CT molecular complexity index is 691. The third-order valence-corrected chi connectivity index (χ3v) is 3.60. The van der Waals surface area contributed by atoms with Crippen molar-refractivity contribution in [1.82, 2.24) is 0 Å². The van der Waals surface area contributed by atoms with Gasteiger partial charge in [-0.3, -0.25) is 0 Å². The molecule has 0 aromatic heterocycles. The van der Waals surface area contributed by atoms with Gasteiger partial charge in [0, 0.05) is 5.56 Å². The molecule has 0 aliphatic carbocycles. The van der Waals surface area contributed by atoms with Crippen molar-refractivity contribution in [3.63, 3.8) is 0 Å². The molecule has 1 unspecified atom stereocenters. The van der Waals surface area contributed by atoms with Gasteiger partial charge in [-0.25, -0.2) is 9.18 Å². The summed E-state index contributed by atoms with van der Waals surface area (Å²) < 4.78 is 24.0. The number of fused-ring (bicyclic) bond motifs is 1. The van der Waals surface area contributed by atoms with E-state index in [4.69, 9.17) is 9.39 Å². The molecule has 0 radical (unpaired) electrons. The molecular weight excluding hydrogens is 274 g/mol. The predicted molar refractivity (Wildman–Crippen MR) is 74.3 cm³/mol. The Kier molecular flexibility index (Phi) is 3.27. The molecule has 3 rings (SSSR count). The Balaban J connectivity index is 2.30. The van der Waals surface area contributed by atoms with Crippen LogP contribution in [0.3, 0.4) is 0 Å². The molecule has 0 fully saturated rings. The Morgan fingerprint density at radius 2 is 2.00 bits per heavy atom. The Morgan fingerprint density at radius 3 is 2.67 bits per heavy atom. The normalized spacial score (nSPS) is 20.2. The van der Waals surface area contributed by atoms with E-state index in [0.717, 1.165) is 0 Å². The second-order valence-corrected chi connectivity index (χ2v) is 4.74. The first-order valence-electron chi connectivity index (χ1n) is 6.39. The van der Waals surface area contributed by atoms with Crippen LogP contribution in [0.4, 0.5) is 4.39 Å². The van der Waals surface area contributed by atoms with Crippen LogP contribution in [0.25, 0.3) is 0 Å². The summed E-state index contributed by atoms with van der Waals surface area (Å²) >= 11 is 0. The fourth-order valence-electron chi connectivity index (χ4n) is 2.66. The lowest BCUT2D eigenvalue weighted by Crippen LogP contribution is -2.39. The zero-order valence-electron chi connectivity index (χ0n) is 11.2. The van der Waals surface area contributed by atoms with Gasteiger partial charge in [0.1, 0.15) is 5.82 Å². The maximum Gasteiger partial charge on any atom is 0.492 e. The quantitative estimate of drug-likeness (QED) is 0.660. The third kappa shape index (κ3) is 1.95. The topological polar surface area (TPSA) is 55.8 Å². The molecule has 2 aromatic carbocycles. The van der Waals surface area contributed by atoms with Crippen molar-refractivity contribution in [3.05, 3.63) is 65.5 Å². The van der Waals surface area contributed by atoms with Crippen LogP contribution in [-0.4, -0.2) is 25.2 Å². The van der Waals surface area contributed by atoms with Gasteiger partial charge >= 0.3 is 13.1 Å². The predicted octanol–water partition coefficient (Wildman–Crippen LogP) is 0.960. The summed E-state index contributed by atoms with van der Waals surface area (Å²) in [5.41, 5.74) is -0.577. The van der Waals surface area contributed by atoms with Crippen LogP contribution in [0.5, 0.6) is 0 Å². The molecule has 2 aromatic rings. The van der Waals surface area contributed by atoms with Crippen LogP contribution in [0.2, 0.25) is 0 Å². The molecule has 21 heavy (non-hydrogen) atoms. The van der Waals surface area contributed by atoms with Crippen molar-refractivity contribution in [2.24, 2.45) is 0 Å². The minimum absolute atomic E-state index is 0.257. The van der Waals surface area contributed by atoms with Gasteiger partial charge in [0.2, 0.25) is 5.60 Å². The number of benzene rings is 2. The van der Waals surface area contributed by atoms with E-state index in [-0.39, 0.29) is 5.56 Å². The summed E-state index contributed by atoms with van der Waals surface area (Å²) in [6.07, 6.45) is 0. The van der Waals surface area contributed by atoms with Crippen LogP contribution < -0.4 is 5.46 Å². The smallest absolute Gasteiger partial charge is 0.466 e. The molecule has 0 spiro atoms. The van der Waals surface area contributed by atoms with Gasteiger partial charge in [-0.15, -0.1) is 0 Å². The van der Waals surface area contributed by atoms with Gasteiger partial charge in [0.25, 0.3) is 0 Å². The van der Waals surface area contributed by atoms with Gasteiger partial charge in [-0.05, 0) is 23.2 Å². The standard InChI is InChI=1S/C15H12BFO4/c1-20-14(18)15(10-5-3-2-4-6-10)12-9-11(17)7-8-13(12)16(19)21-15/h2-9,19H,1H3. The minimum Gasteiger partial charge on any atom is -0.466 e. The van der Waals surface area contributed by atoms with Crippen molar-refractivity contribution >= 4 is 18.6 Å². The first-order chi connectivity index (χ1) is 10.1. The second kappa shape index (κ2) is 4.98. The molecule has 1 atom stereocenters. The van der Waals surface area contributed by atoms with Gasteiger partial charge in [0.05, 0.1) is 7.11 Å². The Labute approximate surface area is 121 Å². The second-order valence-electron chi connectivity index (χ2n) is 4.74. The molecule has 6 heteroatoms. The molecule has 0 saturated carbocycles. The number of esters is 1. The van der Waals surface area contributed by atoms with E-state index in [1.165, 1.54) is 25.3 Å². The molecule has 4 nitrogen and oxygen atoms in total. The number of carbonyl (C=O) groups excluding carboxylic acids is 1. The lowest BCUT2D eigenvalue weighted by molar-refractivity contribution is -0.156. The third-order valence-electron chi connectivity index (χ3n) is 3.60. The van der Waals surface area contributed by atoms with Crippen molar-refractivity contribution in [3.8, 4) is 0 Å².